The largest absolute Gasteiger partial charge is 0.481 e. The molecule has 0 radical (unpaired) electrons. The molecule has 2 aliphatic rings. The number of amides is 1. The number of ether oxygens (including phenoxy) is 1. The molecule has 1 aliphatic carbocycles. The summed E-state index contributed by atoms with van der Waals surface area (Å²) >= 11 is 0. The highest BCUT2D eigenvalue weighted by Gasteiger charge is 2.32. The zero-order chi connectivity index (χ0) is 27.0. The van der Waals surface area contributed by atoms with Crippen LogP contribution in [0.1, 0.15) is 73.6 Å². The number of fused-ring (bicyclic) bond motifs is 1. The van der Waals surface area contributed by atoms with Crippen LogP contribution < -0.4 is 10.1 Å². The zero-order valence-corrected chi connectivity index (χ0v) is 21.5. The third-order valence-corrected chi connectivity index (χ3v) is 7.06. The van der Waals surface area contributed by atoms with Gasteiger partial charge in [-0.2, -0.15) is 5.10 Å². The van der Waals surface area contributed by atoms with E-state index < -0.39 is 18.2 Å². The van der Waals surface area contributed by atoms with Gasteiger partial charge in [0.1, 0.15) is 11.6 Å². The summed E-state index contributed by atoms with van der Waals surface area (Å²) in [6.45, 7) is 4.13. The SMILES string of the molecule is COc1cc([C@@H](C)C(=O)N2CCCCc3cc(-c4nc(C(F)F)n(C5CC5)n4)c(C)nc3NC2)c(F)cn1. The van der Waals surface area contributed by atoms with Gasteiger partial charge in [-0.25, -0.2) is 32.8 Å². The molecule has 202 valence electrons. The molecule has 1 fully saturated rings. The lowest BCUT2D eigenvalue weighted by molar-refractivity contribution is -0.132. The quantitative estimate of drug-likeness (QED) is 0.490. The van der Waals surface area contributed by atoms with Crippen molar-refractivity contribution < 1.29 is 22.7 Å². The molecule has 38 heavy (non-hydrogen) atoms. The van der Waals surface area contributed by atoms with Crippen LogP contribution in [-0.2, 0) is 11.2 Å². The Labute approximate surface area is 218 Å². The van der Waals surface area contributed by atoms with Crippen molar-refractivity contribution in [2.24, 2.45) is 0 Å². The number of rotatable bonds is 6. The van der Waals surface area contributed by atoms with E-state index in [0.29, 0.717) is 30.0 Å². The summed E-state index contributed by atoms with van der Waals surface area (Å²) in [6.07, 6.45) is 2.19. The minimum Gasteiger partial charge on any atom is -0.481 e. The first-order valence-electron chi connectivity index (χ1n) is 12.7. The van der Waals surface area contributed by atoms with Gasteiger partial charge in [-0.1, -0.05) is 0 Å². The van der Waals surface area contributed by atoms with Crippen molar-refractivity contribution in [1.82, 2.24) is 29.6 Å². The normalized spacial score (nSPS) is 16.8. The number of halogens is 3. The molecule has 1 aliphatic heterocycles. The molecule has 1 amide bonds. The minimum absolute atomic E-state index is 0.0179. The number of anilines is 1. The summed E-state index contributed by atoms with van der Waals surface area (Å²) in [5.41, 5.74) is 2.34. The van der Waals surface area contributed by atoms with Crippen LogP contribution in [0.15, 0.2) is 18.3 Å². The molecule has 1 saturated carbocycles. The predicted octanol–water partition coefficient (Wildman–Crippen LogP) is 4.80. The van der Waals surface area contributed by atoms with E-state index in [4.69, 9.17) is 9.72 Å². The highest BCUT2D eigenvalue weighted by Crippen LogP contribution is 2.38. The molecule has 0 saturated heterocycles. The number of aryl methyl sites for hydroxylation is 2. The molecular weight excluding hydrogens is 499 g/mol. The van der Waals surface area contributed by atoms with Crippen molar-refractivity contribution in [3.8, 4) is 17.3 Å². The highest BCUT2D eigenvalue weighted by atomic mass is 19.3. The third-order valence-electron chi connectivity index (χ3n) is 7.06. The van der Waals surface area contributed by atoms with E-state index in [0.717, 1.165) is 37.4 Å². The molecular formula is C26H30F3N7O2. The summed E-state index contributed by atoms with van der Waals surface area (Å²) in [7, 11) is 1.44. The number of hydrogen-bond acceptors (Lipinski definition) is 7. The molecule has 0 unspecified atom stereocenters. The average Bonchev–Trinajstić information content (AvgIpc) is 3.64. The van der Waals surface area contributed by atoms with Crippen LogP contribution in [0.5, 0.6) is 5.88 Å². The van der Waals surface area contributed by atoms with Crippen molar-refractivity contribution in [3.05, 3.63) is 46.8 Å². The topological polar surface area (TPSA) is 98.1 Å². The number of alkyl halides is 2. The first kappa shape index (κ1) is 25.9. The fourth-order valence-corrected chi connectivity index (χ4v) is 4.74. The lowest BCUT2D eigenvalue weighted by Crippen LogP contribution is -2.39. The maximum atomic E-state index is 14.5. The summed E-state index contributed by atoms with van der Waals surface area (Å²) in [6, 6.07) is 3.34. The van der Waals surface area contributed by atoms with Gasteiger partial charge < -0.3 is 15.0 Å². The summed E-state index contributed by atoms with van der Waals surface area (Å²) in [4.78, 5) is 27.7. The Morgan fingerprint density at radius 1 is 1.21 bits per heavy atom. The Bertz CT molecular complexity index is 1320. The van der Waals surface area contributed by atoms with Gasteiger partial charge in [-0.15, -0.1) is 0 Å². The Hall–Kier alpha value is -3.70. The number of hydrogen-bond donors (Lipinski definition) is 1. The smallest absolute Gasteiger partial charge is 0.297 e. The number of aromatic nitrogens is 5. The van der Waals surface area contributed by atoms with E-state index in [1.807, 2.05) is 6.07 Å². The van der Waals surface area contributed by atoms with Crippen LogP contribution in [-0.4, -0.2) is 55.9 Å². The van der Waals surface area contributed by atoms with Gasteiger partial charge in [0.2, 0.25) is 11.8 Å². The summed E-state index contributed by atoms with van der Waals surface area (Å²) in [5, 5.41) is 7.66. The Kier molecular flexibility index (Phi) is 7.22. The Morgan fingerprint density at radius 3 is 2.71 bits per heavy atom. The predicted molar refractivity (Wildman–Crippen MR) is 134 cm³/mol. The number of methoxy groups -OCH3 is 1. The van der Waals surface area contributed by atoms with E-state index in [-0.39, 0.29) is 41.7 Å². The number of nitrogens with zero attached hydrogens (tertiary/aromatic N) is 6. The molecule has 1 N–H and O–H groups in total. The van der Waals surface area contributed by atoms with Crippen molar-refractivity contribution in [2.45, 2.75) is 64.3 Å². The van der Waals surface area contributed by atoms with Gasteiger partial charge in [0, 0.05) is 23.7 Å². The second-order valence-electron chi connectivity index (χ2n) is 9.76. The molecule has 0 bridgehead atoms. The maximum absolute atomic E-state index is 14.5. The summed E-state index contributed by atoms with van der Waals surface area (Å²) < 4.78 is 48.1. The minimum atomic E-state index is -2.70. The van der Waals surface area contributed by atoms with Gasteiger partial charge in [-0.3, -0.25) is 4.79 Å². The molecule has 3 aromatic heterocycles. The molecule has 5 rings (SSSR count). The van der Waals surface area contributed by atoms with Crippen molar-refractivity contribution in [1.29, 1.82) is 0 Å². The number of nitrogens with one attached hydrogen (secondary N) is 1. The first-order valence-corrected chi connectivity index (χ1v) is 12.7. The molecule has 4 heterocycles. The van der Waals surface area contributed by atoms with Crippen LogP contribution in [0, 0.1) is 12.7 Å². The van der Waals surface area contributed by atoms with E-state index in [9.17, 15) is 18.0 Å². The maximum Gasteiger partial charge on any atom is 0.297 e. The van der Waals surface area contributed by atoms with Crippen molar-refractivity contribution in [2.75, 3.05) is 25.6 Å². The van der Waals surface area contributed by atoms with Gasteiger partial charge in [-0.05, 0) is 57.6 Å². The van der Waals surface area contributed by atoms with Crippen LogP contribution in [0.3, 0.4) is 0 Å². The van der Waals surface area contributed by atoms with Crippen LogP contribution >= 0.6 is 0 Å². The monoisotopic (exact) mass is 529 g/mol. The van der Waals surface area contributed by atoms with E-state index in [2.05, 4.69) is 20.4 Å². The molecule has 9 nitrogen and oxygen atoms in total. The summed E-state index contributed by atoms with van der Waals surface area (Å²) in [5.74, 6) is -0.725. The molecule has 0 aromatic carbocycles. The Morgan fingerprint density at radius 2 is 2.00 bits per heavy atom. The van der Waals surface area contributed by atoms with Crippen molar-refractivity contribution >= 4 is 11.7 Å². The van der Waals surface area contributed by atoms with Gasteiger partial charge >= 0.3 is 0 Å². The van der Waals surface area contributed by atoms with Gasteiger partial charge in [0.25, 0.3) is 6.43 Å². The van der Waals surface area contributed by atoms with E-state index >= 15 is 0 Å². The van der Waals surface area contributed by atoms with Crippen LogP contribution in [0.25, 0.3) is 11.4 Å². The van der Waals surface area contributed by atoms with Crippen LogP contribution in [0.2, 0.25) is 0 Å². The third kappa shape index (κ3) is 5.16. The van der Waals surface area contributed by atoms with E-state index in [1.165, 1.54) is 17.9 Å². The van der Waals surface area contributed by atoms with Crippen LogP contribution in [0.4, 0.5) is 19.0 Å². The molecule has 12 heteroatoms. The molecule has 0 spiro atoms. The lowest BCUT2D eigenvalue weighted by Gasteiger charge is -2.26. The second kappa shape index (κ2) is 10.6. The van der Waals surface area contributed by atoms with Gasteiger partial charge in [0.15, 0.2) is 11.6 Å². The second-order valence-corrected chi connectivity index (χ2v) is 9.76. The average molecular weight is 530 g/mol. The number of pyridine rings is 2. The fraction of sp³-hybridized carbons (Fsp3) is 0.500. The number of carbonyl (C=O) groups excluding carboxylic acids is 1. The number of carbonyl (C=O) groups is 1. The zero-order valence-electron chi connectivity index (χ0n) is 21.5. The lowest BCUT2D eigenvalue weighted by atomic mass is 10.00. The fourth-order valence-electron chi connectivity index (χ4n) is 4.74. The standard InChI is InChI=1S/C26H30F3N7O2/c1-14(18-11-21(38-3)30-12-20(18)27)26(37)35-9-5-4-6-16-10-19(15(2)32-23(16)31-13-35)24-33-25(22(28)29)36(34-24)17-7-8-17/h10-12,14,17,22H,4-9,13H2,1-3H3,(H,31,32)/t14-/m1/s1. The van der Waals surface area contributed by atoms with Crippen molar-refractivity contribution in [3.63, 3.8) is 0 Å². The first-order chi connectivity index (χ1) is 18.3. The molecule has 1 atom stereocenters. The van der Waals surface area contributed by atoms with Gasteiger partial charge in [0.05, 0.1) is 37.6 Å². The molecule has 3 aromatic rings. The highest BCUT2D eigenvalue weighted by molar-refractivity contribution is 5.83. The van der Waals surface area contributed by atoms with E-state index in [1.54, 1.807) is 18.7 Å². The Balaban J connectivity index is 1.38.